The molecular formula is C22H43NO5. The van der Waals surface area contributed by atoms with Crippen LogP contribution in [0.1, 0.15) is 78.1 Å². The van der Waals surface area contributed by atoms with E-state index in [9.17, 15) is 9.59 Å². The summed E-state index contributed by atoms with van der Waals surface area (Å²) in [6, 6.07) is 0. The maximum absolute atomic E-state index is 11.6. The van der Waals surface area contributed by atoms with E-state index in [-0.39, 0.29) is 5.91 Å². The SMILES string of the molecule is CCCCCCC(=O)NCCOCCOCCCCCOCCC(C)CC=O. The van der Waals surface area contributed by atoms with Crippen molar-refractivity contribution in [3.63, 3.8) is 0 Å². The summed E-state index contributed by atoms with van der Waals surface area (Å²) in [7, 11) is 0. The van der Waals surface area contributed by atoms with Gasteiger partial charge in [0.05, 0.1) is 19.8 Å². The zero-order valence-electron chi connectivity index (χ0n) is 18.2. The highest BCUT2D eigenvalue weighted by Crippen LogP contribution is 2.05. The van der Waals surface area contributed by atoms with Crippen molar-refractivity contribution in [1.29, 1.82) is 0 Å². The molecule has 0 aromatic rings. The molecule has 0 rings (SSSR count). The highest BCUT2D eigenvalue weighted by atomic mass is 16.5. The average Bonchev–Trinajstić information content (AvgIpc) is 2.68. The summed E-state index contributed by atoms with van der Waals surface area (Å²) in [4.78, 5) is 21.9. The minimum atomic E-state index is 0.121. The van der Waals surface area contributed by atoms with Crippen LogP contribution in [0.25, 0.3) is 0 Å². The number of ether oxygens (including phenoxy) is 3. The lowest BCUT2D eigenvalue weighted by molar-refractivity contribution is -0.121. The van der Waals surface area contributed by atoms with Crippen LogP contribution in [0.2, 0.25) is 0 Å². The summed E-state index contributed by atoms with van der Waals surface area (Å²) in [5.41, 5.74) is 0. The first-order chi connectivity index (χ1) is 13.7. The quantitative estimate of drug-likeness (QED) is 0.220. The molecule has 0 spiro atoms. The maximum atomic E-state index is 11.6. The van der Waals surface area contributed by atoms with Gasteiger partial charge in [-0.15, -0.1) is 0 Å². The number of aldehydes is 1. The first-order valence-electron chi connectivity index (χ1n) is 11.1. The Kier molecular flexibility index (Phi) is 21.5. The Labute approximate surface area is 172 Å². The lowest BCUT2D eigenvalue weighted by Crippen LogP contribution is -2.27. The molecule has 1 N–H and O–H groups in total. The van der Waals surface area contributed by atoms with Gasteiger partial charge in [-0.25, -0.2) is 0 Å². The minimum absolute atomic E-state index is 0.121. The van der Waals surface area contributed by atoms with Crippen LogP contribution in [-0.4, -0.2) is 58.4 Å². The Morgan fingerprint density at radius 1 is 0.857 bits per heavy atom. The third kappa shape index (κ3) is 21.3. The summed E-state index contributed by atoms with van der Waals surface area (Å²) in [5, 5.41) is 2.88. The summed E-state index contributed by atoms with van der Waals surface area (Å²) in [6.07, 6.45) is 10.8. The second kappa shape index (κ2) is 22.3. The van der Waals surface area contributed by atoms with Crippen molar-refractivity contribution in [2.45, 2.75) is 78.1 Å². The van der Waals surface area contributed by atoms with Gasteiger partial charge in [0.25, 0.3) is 0 Å². The number of amides is 1. The van der Waals surface area contributed by atoms with Gasteiger partial charge in [0, 0.05) is 39.2 Å². The van der Waals surface area contributed by atoms with Gasteiger partial charge in [0.15, 0.2) is 0 Å². The van der Waals surface area contributed by atoms with Crippen LogP contribution < -0.4 is 5.32 Å². The van der Waals surface area contributed by atoms with Crippen molar-refractivity contribution in [2.75, 3.05) is 46.2 Å². The van der Waals surface area contributed by atoms with E-state index in [1.165, 1.54) is 12.8 Å². The molecule has 6 nitrogen and oxygen atoms in total. The molecule has 0 fully saturated rings. The Balaban J connectivity index is 3.14. The van der Waals surface area contributed by atoms with Crippen LogP contribution in [0, 0.1) is 5.92 Å². The molecule has 1 unspecified atom stereocenters. The van der Waals surface area contributed by atoms with Crippen LogP contribution in [0.3, 0.4) is 0 Å². The van der Waals surface area contributed by atoms with Crippen molar-refractivity contribution >= 4 is 12.2 Å². The highest BCUT2D eigenvalue weighted by molar-refractivity contribution is 5.75. The van der Waals surface area contributed by atoms with E-state index >= 15 is 0 Å². The molecule has 0 aliphatic rings. The summed E-state index contributed by atoms with van der Waals surface area (Å²) in [5.74, 6) is 0.537. The topological polar surface area (TPSA) is 73.9 Å². The zero-order valence-corrected chi connectivity index (χ0v) is 18.2. The lowest BCUT2D eigenvalue weighted by atomic mass is 10.1. The number of carbonyl (C=O) groups is 2. The molecule has 0 aromatic heterocycles. The number of rotatable bonds is 22. The Morgan fingerprint density at radius 2 is 1.50 bits per heavy atom. The van der Waals surface area contributed by atoms with E-state index in [2.05, 4.69) is 19.2 Å². The van der Waals surface area contributed by atoms with E-state index in [4.69, 9.17) is 14.2 Å². The lowest BCUT2D eigenvalue weighted by Gasteiger charge is -2.09. The van der Waals surface area contributed by atoms with E-state index in [1.54, 1.807) is 0 Å². The smallest absolute Gasteiger partial charge is 0.220 e. The average molecular weight is 402 g/mol. The molecule has 0 saturated heterocycles. The molecule has 0 aliphatic carbocycles. The number of hydrogen-bond donors (Lipinski definition) is 1. The van der Waals surface area contributed by atoms with Gasteiger partial charge in [-0.2, -0.15) is 0 Å². The maximum Gasteiger partial charge on any atom is 0.220 e. The van der Waals surface area contributed by atoms with Crippen LogP contribution in [0.15, 0.2) is 0 Å². The molecule has 0 radical (unpaired) electrons. The third-order valence-electron chi connectivity index (χ3n) is 4.53. The monoisotopic (exact) mass is 401 g/mol. The van der Waals surface area contributed by atoms with Crippen LogP contribution in [-0.2, 0) is 23.8 Å². The standard InChI is InChI=1S/C22H43NO5/c1-3-4-5-7-10-22(25)23-13-18-28-20-19-27-16-9-6-8-15-26-17-12-21(2)11-14-24/h14,21H,3-13,15-20H2,1-2H3,(H,23,25). The van der Waals surface area contributed by atoms with Gasteiger partial charge in [-0.1, -0.05) is 33.1 Å². The van der Waals surface area contributed by atoms with Crippen molar-refractivity contribution in [1.82, 2.24) is 5.32 Å². The highest BCUT2D eigenvalue weighted by Gasteiger charge is 2.01. The third-order valence-corrected chi connectivity index (χ3v) is 4.53. The summed E-state index contributed by atoms with van der Waals surface area (Å²) in [6.45, 7) is 8.76. The summed E-state index contributed by atoms with van der Waals surface area (Å²) >= 11 is 0. The molecule has 0 bridgehead atoms. The number of nitrogens with one attached hydrogen (secondary N) is 1. The molecule has 1 amide bonds. The van der Waals surface area contributed by atoms with E-state index in [0.29, 0.717) is 45.1 Å². The summed E-state index contributed by atoms with van der Waals surface area (Å²) < 4.78 is 16.6. The largest absolute Gasteiger partial charge is 0.381 e. The van der Waals surface area contributed by atoms with Gasteiger partial charge in [0.2, 0.25) is 5.91 Å². The zero-order chi connectivity index (χ0) is 20.7. The number of carbonyl (C=O) groups excluding carboxylic acids is 2. The fraction of sp³-hybridized carbons (Fsp3) is 0.909. The van der Waals surface area contributed by atoms with Crippen molar-refractivity contribution < 1.29 is 23.8 Å². The van der Waals surface area contributed by atoms with Gasteiger partial charge in [-0.05, 0) is 38.0 Å². The Morgan fingerprint density at radius 3 is 2.18 bits per heavy atom. The molecule has 0 aliphatic heterocycles. The van der Waals surface area contributed by atoms with E-state index in [0.717, 1.165) is 64.6 Å². The van der Waals surface area contributed by atoms with Gasteiger partial charge < -0.3 is 24.3 Å². The number of hydrogen-bond acceptors (Lipinski definition) is 5. The van der Waals surface area contributed by atoms with Crippen molar-refractivity contribution in [3.8, 4) is 0 Å². The van der Waals surface area contributed by atoms with E-state index in [1.807, 2.05) is 0 Å². The Bertz CT molecular complexity index is 352. The number of unbranched alkanes of at least 4 members (excludes halogenated alkanes) is 5. The second-order valence-electron chi connectivity index (χ2n) is 7.35. The first kappa shape index (κ1) is 27.0. The molecule has 166 valence electrons. The van der Waals surface area contributed by atoms with Crippen LogP contribution >= 0.6 is 0 Å². The van der Waals surface area contributed by atoms with Gasteiger partial charge in [0.1, 0.15) is 6.29 Å². The molecule has 0 saturated carbocycles. The predicted octanol–water partition coefficient (Wildman–Crippen LogP) is 3.91. The fourth-order valence-corrected chi connectivity index (χ4v) is 2.64. The normalized spacial score (nSPS) is 12.1. The molecule has 1 atom stereocenters. The molecule has 6 heteroatoms. The van der Waals surface area contributed by atoms with Gasteiger partial charge >= 0.3 is 0 Å². The van der Waals surface area contributed by atoms with Crippen LogP contribution in [0.5, 0.6) is 0 Å². The van der Waals surface area contributed by atoms with Crippen molar-refractivity contribution in [3.05, 3.63) is 0 Å². The predicted molar refractivity (Wildman–Crippen MR) is 113 cm³/mol. The molecule has 28 heavy (non-hydrogen) atoms. The molecular weight excluding hydrogens is 358 g/mol. The van der Waals surface area contributed by atoms with Crippen LogP contribution in [0.4, 0.5) is 0 Å². The molecule has 0 heterocycles. The molecule has 0 aromatic carbocycles. The fourth-order valence-electron chi connectivity index (χ4n) is 2.64. The minimum Gasteiger partial charge on any atom is -0.381 e. The van der Waals surface area contributed by atoms with Gasteiger partial charge in [-0.3, -0.25) is 4.79 Å². The second-order valence-corrected chi connectivity index (χ2v) is 7.35. The van der Waals surface area contributed by atoms with Crippen molar-refractivity contribution in [2.24, 2.45) is 5.92 Å². The first-order valence-corrected chi connectivity index (χ1v) is 11.1. The van der Waals surface area contributed by atoms with E-state index < -0.39 is 0 Å². The Hall–Kier alpha value is -0.980.